The fourth-order valence-corrected chi connectivity index (χ4v) is 2.11. The van der Waals surface area contributed by atoms with E-state index < -0.39 is 5.97 Å². The first-order valence-electron chi connectivity index (χ1n) is 5.86. The van der Waals surface area contributed by atoms with Gasteiger partial charge in [-0.15, -0.1) is 0 Å². The molecular formula is C13H19ClN2O2. The molecular weight excluding hydrogens is 252 g/mol. The van der Waals surface area contributed by atoms with Crippen molar-refractivity contribution in [2.75, 3.05) is 24.2 Å². The quantitative estimate of drug-likeness (QED) is 0.807. The van der Waals surface area contributed by atoms with E-state index in [2.05, 4.69) is 13.8 Å². The second-order valence-corrected chi connectivity index (χ2v) is 5.22. The fourth-order valence-electron chi connectivity index (χ4n) is 1.73. The minimum Gasteiger partial charge on any atom is -0.478 e. The first-order chi connectivity index (χ1) is 8.32. The van der Waals surface area contributed by atoms with E-state index >= 15 is 0 Å². The Hall–Kier alpha value is -1.42. The molecule has 0 heterocycles. The van der Waals surface area contributed by atoms with Crippen LogP contribution in [0.25, 0.3) is 0 Å². The standard InChI is InChI=1S/C13H19ClN2O2/c1-8(2)4-5-16(3)12-10(13(17)18)6-9(15)7-11(12)14/h6-8H,4-5,15H2,1-3H3,(H,17,18). The van der Waals surface area contributed by atoms with Gasteiger partial charge in [0.25, 0.3) is 0 Å². The van der Waals surface area contributed by atoms with Crippen LogP contribution in [-0.4, -0.2) is 24.7 Å². The molecule has 0 bridgehead atoms. The summed E-state index contributed by atoms with van der Waals surface area (Å²) in [5.74, 6) is -0.469. The monoisotopic (exact) mass is 270 g/mol. The second-order valence-electron chi connectivity index (χ2n) is 4.81. The molecule has 0 radical (unpaired) electrons. The summed E-state index contributed by atoms with van der Waals surface area (Å²) < 4.78 is 0. The number of carboxylic acid groups (broad SMARTS) is 1. The topological polar surface area (TPSA) is 66.6 Å². The van der Waals surface area contributed by atoms with Gasteiger partial charge in [-0.25, -0.2) is 4.79 Å². The first-order valence-corrected chi connectivity index (χ1v) is 6.24. The minimum absolute atomic E-state index is 0.145. The van der Waals surface area contributed by atoms with Gasteiger partial charge < -0.3 is 15.7 Å². The predicted molar refractivity (Wildman–Crippen MR) is 75.5 cm³/mol. The number of anilines is 2. The molecule has 3 N–H and O–H groups in total. The van der Waals surface area contributed by atoms with E-state index in [4.69, 9.17) is 17.3 Å². The zero-order valence-corrected chi connectivity index (χ0v) is 11.7. The summed E-state index contributed by atoms with van der Waals surface area (Å²) in [5, 5.41) is 9.57. The van der Waals surface area contributed by atoms with Crippen LogP contribution in [0.5, 0.6) is 0 Å². The Kier molecular flexibility index (Phi) is 4.84. The van der Waals surface area contributed by atoms with Crippen molar-refractivity contribution in [1.82, 2.24) is 0 Å². The molecule has 0 spiro atoms. The normalized spacial score (nSPS) is 10.7. The van der Waals surface area contributed by atoms with Gasteiger partial charge in [0.15, 0.2) is 0 Å². The highest BCUT2D eigenvalue weighted by atomic mass is 35.5. The minimum atomic E-state index is -1.02. The number of nitrogen functional groups attached to an aromatic ring is 1. The second kappa shape index (κ2) is 5.96. The highest BCUT2D eigenvalue weighted by Gasteiger charge is 2.18. The Morgan fingerprint density at radius 1 is 1.50 bits per heavy atom. The third-order valence-electron chi connectivity index (χ3n) is 2.74. The van der Waals surface area contributed by atoms with Crippen molar-refractivity contribution in [2.24, 2.45) is 5.92 Å². The zero-order valence-electron chi connectivity index (χ0n) is 10.9. The molecule has 0 aliphatic carbocycles. The molecule has 1 aromatic rings. The van der Waals surface area contributed by atoms with Gasteiger partial charge in [-0.2, -0.15) is 0 Å². The average Bonchev–Trinajstić information content (AvgIpc) is 2.24. The van der Waals surface area contributed by atoms with Gasteiger partial charge in [-0.05, 0) is 24.5 Å². The van der Waals surface area contributed by atoms with E-state index in [-0.39, 0.29) is 5.56 Å². The molecule has 18 heavy (non-hydrogen) atoms. The van der Waals surface area contributed by atoms with Gasteiger partial charge in [0.2, 0.25) is 0 Å². The lowest BCUT2D eigenvalue weighted by atomic mass is 10.1. The lowest BCUT2D eigenvalue weighted by Gasteiger charge is -2.23. The summed E-state index contributed by atoms with van der Waals surface area (Å²) in [5.41, 5.74) is 6.65. The summed E-state index contributed by atoms with van der Waals surface area (Å²) in [7, 11) is 1.84. The van der Waals surface area contributed by atoms with Crippen molar-refractivity contribution in [3.63, 3.8) is 0 Å². The third-order valence-corrected chi connectivity index (χ3v) is 3.03. The molecule has 5 heteroatoms. The van der Waals surface area contributed by atoms with Crippen LogP contribution >= 0.6 is 11.6 Å². The van der Waals surface area contributed by atoms with E-state index in [9.17, 15) is 9.90 Å². The molecule has 0 aliphatic heterocycles. The van der Waals surface area contributed by atoms with Crippen LogP contribution in [0, 0.1) is 5.92 Å². The van der Waals surface area contributed by atoms with E-state index in [1.807, 2.05) is 11.9 Å². The van der Waals surface area contributed by atoms with Crippen molar-refractivity contribution in [1.29, 1.82) is 0 Å². The SMILES string of the molecule is CC(C)CCN(C)c1c(Cl)cc(N)cc1C(=O)O. The number of aromatic carboxylic acids is 1. The molecule has 0 unspecified atom stereocenters. The van der Waals surface area contributed by atoms with E-state index in [1.165, 1.54) is 6.07 Å². The Morgan fingerprint density at radius 2 is 2.11 bits per heavy atom. The van der Waals surface area contributed by atoms with E-state index in [0.29, 0.717) is 22.3 Å². The molecule has 0 aromatic heterocycles. The number of carboxylic acids is 1. The highest BCUT2D eigenvalue weighted by Crippen LogP contribution is 2.32. The largest absolute Gasteiger partial charge is 0.478 e. The Balaban J connectivity index is 3.09. The van der Waals surface area contributed by atoms with Crippen LogP contribution in [0.4, 0.5) is 11.4 Å². The van der Waals surface area contributed by atoms with Crippen LogP contribution in [0.2, 0.25) is 5.02 Å². The van der Waals surface area contributed by atoms with Gasteiger partial charge in [-0.3, -0.25) is 0 Å². The average molecular weight is 271 g/mol. The van der Waals surface area contributed by atoms with Crippen LogP contribution in [0.1, 0.15) is 30.6 Å². The summed E-state index contributed by atoms with van der Waals surface area (Å²) in [6.07, 6.45) is 0.969. The molecule has 0 saturated carbocycles. The molecule has 1 rings (SSSR count). The summed E-state index contributed by atoms with van der Waals surface area (Å²) in [6.45, 7) is 4.99. The fraction of sp³-hybridized carbons (Fsp3) is 0.462. The van der Waals surface area contributed by atoms with Crippen molar-refractivity contribution < 1.29 is 9.90 Å². The predicted octanol–water partition coefficient (Wildman–Crippen LogP) is 3.10. The lowest BCUT2D eigenvalue weighted by molar-refractivity contribution is 0.0697. The number of halogens is 1. The summed E-state index contributed by atoms with van der Waals surface area (Å²) in [6, 6.07) is 3.02. The highest BCUT2D eigenvalue weighted by molar-refractivity contribution is 6.34. The maximum absolute atomic E-state index is 11.2. The lowest BCUT2D eigenvalue weighted by Crippen LogP contribution is -2.23. The molecule has 0 amide bonds. The van der Waals surface area contributed by atoms with Crippen LogP contribution in [0.15, 0.2) is 12.1 Å². The van der Waals surface area contributed by atoms with Gasteiger partial charge >= 0.3 is 5.97 Å². The Morgan fingerprint density at radius 3 is 2.61 bits per heavy atom. The molecule has 4 nitrogen and oxygen atoms in total. The number of benzene rings is 1. The smallest absolute Gasteiger partial charge is 0.337 e. The van der Waals surface area contributed by atoms with Crippen molar-refractivity contribution >= 4 is 28.9 Å². The first kappa shape index (κ1) is 14.6. The number of hydrogen-bond donors (Lipinski definition) is 2. The van der Waals surface area contributed by atoms with Crippen molar-refractivity contribution in [3.8, 4) is 0 Å². The molecule has 1 aromatic carbocycles. The maximum Gasteiger partial charge on any atom is 0.337 e. The summed E-state index contributed by atoms with van der Waals surface area (Å²) in [4.78, 5) is 13.1. The zero-order chi connectivity index (χ0) is 13.9. The van der Waals surface area contributed by atoms with Crippen LogP contribution in [-0.2, 0) is 0 Å². The van der Waals surface area contributed by atoms with E-state index in [0.717, 1.165) is 13.0 Å². The third kappa shape index (κ3) is 3.53. The number of carbonyl (C=O) groups is 1. The van der Waals surface area contributed by atoms with E-state index in [1.54, 1.807) is 6.07 Å². The molecule has 0 atom stereocenters. The van der Waals surface area contributed by atoms with Gasteiger partial charge in [-0.1, -0.05) is 25.4 Å². The summed E-state index contributed by atoms with van der Waals surface area (Å²) >= 11 is 6.10. The molecule has 100 valence electrons. The van der Waals surface area contributed by atoms with Crippen LogP contribution < -0.4 is 10.6 Å². The van der Waals surface area contributed by atoms with Crippen LogP contribution in [0.3, 0.4) is 0 Å². The van der Waals surface area contributed by atoms with Gasteiger partial charge in [0.1, 0.15) is 0 Å². The molecule has 0 saturated heterocycles. The number of rotatable bonds is 5. The van der Waals surface area contributed by atoms with Gasteiger partial charge in [0, 0.05) is 19.3 Å². The molecule has 0 aliphatic rings. The Labute approximate surface area is 112 Å². The van der Waals surface area contributed by atoms with Crippen molar-refractivity contribution in [3.05, 3.63) is 22.7 Å². The van der Waals surface area contributed by atoms with Crippen molar-refractivity contribution in [2.45, 2.75) is 20.3 Å². The number of nitrogens with zero attached hydrogens (tertiary/aromatic N) is 1. The maximum atomic E-state index is 11.2. The number of nitrogens with two attached hydrogens (primary N) is 1. The molecule has 0 fully saturated rings. The van der Waals surface area contributed by atoms with Gasteiger partial charge in [0.05, 0.1) is 16.3 Å². The number of hydrogen-bond acceptors (Lipinski definition) is 3. The Bertz CT molecular complexity index is 447.